The van der Waals surface area contributed by atoms with E-state index in [-0.39, 0.29) is 10.9 Å². The fraction of sp³-hybridized carbons (Fsp3) is 0.308. The number of nitrogens with two attached hydrogens (primary N) is 1. The van der Waals surface area contributed by atoms with E-state index in [4.69, 9.17) is 28.9 Å². The molecule has 0 unspecified atom stereocenters. The van der Waals surface area contributed by atoms with Gasteiger partial charge in [-0.25, -0.2) is 0 Å². The molecule has 0 radical (unpaired) electrons. The summed E-state index contributed by atoms with van der Waals surface area (Å²) in [4.78, 5) is 14.1. The molecule has 1 fully saturated rings. The van der Waals surface area contributed by atoms with Crippen molar-refractivity contribution in [2.75, 3.05) is 12.3 Å². The smallest absolute Gasteiger partial charge is 0.254 e. The lowest BCUT2D eigenvalue weighted by Crippen LogP contribution is -2.33. The van der Waals surface area contributed by atoms with Crippen LogP contribution in [-0.4, -0.2) is 23.4 Å². The quantitative estimate of drug-likeness (QED) is 0.681. The van der Waals surface area contributed by atoms with Gasteiger partial charge in [-0.05, 0) is 25.0 Å². The Morgan fingerprint density at radius 3 is 2.67 bits per heavy atom. The molecule has 2 rings (SSSR count). The minimum atomic E-state index is -0.0809. The second-order valence-corrected chi connectivity index (χ2v) is 5.12. The molecule has 0 saturated heterocycles. The van der Waals surface area contributed by atoms with E-state index < -0.39 is 0 Å². The molecule has 2 N–H and O–H groups in total. The van der Waals surface area contributed by atoms with Gasteiger partial charge in [-0.2, -0.15) is 0 Å². The molecular formula is C13H14Cl2N2O. The number of hydrogen-bond acceptors (Lipinski definition) is 2. The standard InChI is InChI=1S/C13H14Cl2N2O/c1-2-5-17(9-3-4-9)13(18)8-6-10(14)12(15)11(16)7-8/h2,6-7,9H,1,3-5,16H2. The first-order chi connectivity index (χ1) is 8.54. The van der Waals surface area contributed by atoms with Gasteiger partial charge in [-0.3, -0.25) is 4.79 Å². The van der Waals surface area contributed by atoms with E-state index in [0.29, 0.717) is 28.9 Å². The van der Waals surface area contributed by atoms with E-state index in [1.54, 1.807) is 23.1 Å². The van der Waals surface area contributed by atoms with Crippen molar-refractivity contribution in [1.29, 1.82) is 0 Å². The molecule has 5 heteroatoms. The highest BCUT2D eigenvalue weighted by Crippen LogP contribution is 2.32. The summed E-state index contributed by atoms with van der Waals surface area (Å²) in [5, 5.41) is 0.587. The number of halogens is 2. The molecular weight excluding hydrogens is 271 g/mol. The van der Waals surface area contributed by atoms with Crippen LogP contribution >= 0.6 is 23.2 Å². The average molecular weight is 285 g/mol. The van der Waals surface area contributed by atoms with Crippen molar-refractivity contribution in [2.45, 2.75) is 18.9 Å². The van der Waals surface area contributed by atoms with Gasteiger partial charge in [0.05, 0.1) is 15.7 Å². The highest BCUT2D eigenvalue weighted by Gasteiger charge is 2.32. The van der Waals surface area contributed by atoms with Gasteiger partial charge >= 0.3 is 0 Å². The Morgan fingerprint density at radius 1 is 1.50 bits per heavy atom. The fourth-order valence-corrected chi connectivity index (χ4v) is 2.16. The lowest BCUT2D eigenvalue weighted by Gasteiger charge is -2.21. The fourth-order valence-electron chi connectivity index (χ4n) is 1.82. The van der Waals surface area contributed by atoms with Gasteiger partial charge in [-0.1, -0.05) is 29.3 Å². The second kappa shape index (κ2) is 5.21. The summed E-state index contributed by atoms with van der Waals surface area (Å²) in [5.74, 6) is -0.0809. The number of carbonyl (C=O) groups is 1. The van der Waals surface area contributed by atoms with Crippen LogP contribution in [0.3, 0.4) is 0 Å². The van der Waals surface area contributed by atoms with Gasteiger partial charge in [0, 0.05) is 18.2 Å². The molecule has 1 aliphatic carbocycles. The van der Waals surface area contributed by atoms with Crippen molar-refractivity contribution in [3.05, 3.63) is 40.4 Å². The van der Waals surface area contributed by atoms with E-state index in [0.717, 1.165) is 12.8 Å². The minimum absolute atomic E-state index is 0.0809. The van der Waals surface area contributed by atoms with Crippen LogP contribution in [-0.2, 0) is 0 Å². The van der Waals surface area contributed by atoms with E-state index in [2.05, 4.69) is 6.58 Å². The van der Waals surface area contributed by atoms with Crippen LogP contribution in [0.25, 0.3) is 0 Å². The number of nitrogens with zero attached hydrogens (tertiary/aromatic N) is 1. The second-order valence-electron chi connectivity index (χ2n) is 4.34. The number of amides is 1. The highest BCUT2D eigenvalue weighted by molar-refractivity contribution is 6.43. The highest BCUT2D eigenvalue weighted by atomic mass is 35.5. The molecule has 0 spiro atoms. The number of carbonyl (C=O) groups excluding carboxylic acids is 1. The van der Waals surface area contributed by atoms with E-state index in [1.165, 1.54) is 0 Å². The van der Waals surface area contributed by atoms with Gasteiger partial charge in [0.1, 0.15) is 0 Å². The molecule has 0 bridgehead atoms. The molecule has 1 aromatic rings. The summed E-state index contributed by atoms with van der Waals surface area (Å²) in [7, 11) is 0. The summed E-state index contributed by atoms with van der Waals surface area (Å²) >= 11 is 11.8. The largest absolute Gasteiger partial charge is 0.397 e. The summed E-state index contributed by atoms with van der Waals surface area (Å²) < 4.78 is 0. The lowest BCUT2D eigenvalue weighted by atomic mass is 10.1. The maximum atomic E-state index is 12.4. The molecule has 1 amide bonds. The summed E-state index contributed by atoms with van der Waals surface area (Å²) in [6.45, 7) is 4.20. The Kier molecular flexibility index (Phi) is 3.83. The molecule has 18 heavy (non-hydrogen) atoms. The van der Waals surface area contributed by atoms with Crippen molar-refractivity contribution in [2.24, 2.45) is 0 Å². The van der Waals surface area contributed by atoms with Crippen LogP contribution in [0, 0.1) is 0 Å². The monoisotopic (exact) mass is 284 g/mol. The first-order valence-corrected chi connectivity index (χ1v) is 6.46. The number of hydrogen-bond donors (Lipinski definition) is 1. The van der Waals surface area contributed by atoms with Crippen molar-refractivity contribution >= 4 is 34.8 Å². The van der Waals surface area contributed by atoms with Crippen molar-refractivity contribution in [3.8, 4) is 0 Å². The number of rotatable bonds is 4. The molecule has 1 aromatic carbocycles. The summed E-state index contributed by atoms with van der Waals surface area (Å²) in [5.41, 5.74) is 6.51. The van der Waals surface area contributed by atoms with Gasteiger partial charge in [0.15, 0.2) is 0 Å². The molecule has 0 aromatic heterocycles. The number of benzene rings is 1. The predicted molar refractivity (Wildman–Crippen MR) is 75.1 cm³/mol. The van der Waals surface area contributed by atoms with E-state index in [1.807, 2.05) is 0 Å². The van der Waals surface area contributed by atoms with Crippen LogP contribution in [0.5, 0.6) is 0 Å². The van der Waals surface area contributed by atoms with Crippen LogP contribution in [0.2, 0.25) is 10.0 Å². The zero-order valence-corrected chi connectivity index (χ0v) is 11.3. The van der Waals surface area contributed by atoms with Crippen LogP contribution < -0.4 is 5.73 Å². The minimum Gasteiger partial charge on any atom is -0.397 e. The zero-order chi connectivity index (χ0) is 13.3. The molecule has 96 valence electrons. The maximum absolute atomic E-state index is 12.4. The molecule has 1 aliphatic rings. The molecule has 1 saturated carbocycles. The molecule has 0 aliphatic heterocycles. The predicted octanol–water partition coefficient (Wildman–Crippen LogP) is 3.37. The van der Waals surface area contributed by atoms with E-state index in [9.17, 15) is 4.79 Å². The number of nitrogen functional groups attached to an aromatic ring is 1. The summed E-state index contributed by atoms with van der Waals surface area (Å²) in [6.07, 6.45) is 3.80. The Labute approximate surface area is 116 Å². The van der Waals surface area contributed by atoms with Crippen LogP contribution in [0.15, 0.2) is 24.8 Å². The third kappa shape index (κ3) is 2.62. The molecule has 3 nitrogen and oxygen atoms in total. The van der Waals surface area contributed by atoms with Crippen molar-refractivity contribution in [3.63, 3.8) is 0 Å². The maximum Gasteiger partial charge on any atom is 0.254 e. The number of anilines is 1. The Morgan fingerprint density at radius 2 is 2.17 bits per heavy atom. The van der Waals surface area contributed by atoms with Gasteiger partial charge in [0.25, 0.3) is 5.91 Å². The molecule has 0 atom stereocenters. The SMILES string of the molecule is C=CCN(C(=O)c1cc(N)c(Cl)c(Cl)c1)C1CC1. The first-order valence-electron chi connectivity index (χ1n) is 5.71. The van der Waals surface area contributed by atoms with Crippen LogP contribution in [0.1, 0.15) is 23.2 Å². The van der Waals surface area contributed by atoms with Gasteiger partial charge in [-0.15, -0.1) is 6.58 Å². The summed E-state index contributed by atoms with van der Waals surface area (Å²) in [6, 6.07) is 3.43. The first kappa shape index (κ1) is 13.2. The normalized spacial score (nSPS) is 14.3. The Hall–Kier alpha value is -1.19. The third-order valence-electron chi connectivity index (χ3n) is 2.88. The van der Waals surface area contributed by atoms with Crippen LogP contribution in [0.4, 0.5) is 5.69 Å². The van der Waals surface area contributed by atoms with Gasteiger partial charge in [0.2, 0.25) is 0 Å². The molecule has 0 heterocycles. The Balaban J connectivity index is 2.29. The topological polar surface area (TPSA) is 46.3 Å². The van der Waals surface area contributed by atoms with Crippen molar-refractivity contribution in [1.82, 2.24) is 4.90 Å². The zero-order valence-electron chi connectivity index (χ0n) is 9.83. The Bertz CT molecular complexity index is 475. The average Bonchev–Trinajstić information content (AvgIpc) is 3.15. The lowest BCUT2D eigenvalue weighted by molar-refractivity contribution is 0.0762. The third-order valence-corrected chi connectivity index (χ3v) is 3.69. The van der Waals surface area contributed by atoms with Crippen molar-refractivity contribution < 1.29 is 4.79 Å². The van der Waals surface area contributed by atoms with E-state index >= 15 is 0 Å². The van der Waals surface area contributed by atoms with Gasteiger partial charge < -0.3 is 10.6 Å².